The first-order valence-electron chi connectivity index (χ1n) is 9.49. The molecular formula is C19H35NO6. The fourth-order valence-corrected chi connectivity index (χ4v) is 2.75. The maximum absolute atomic E-state index is 12.0. The first-order valence-corrected chi connectivity index (χ1v) is 9.49. The lowest BCUT2D eigenvalue weighted by Crippen LogP contribution is -2.37. The second-order valence-electron chi connectivity index (χ2n) is 7.31. The molecule has 0 rings (SSSR count). The van der Waals surface area contributed by atoms with Gasteiger partial charge in [0.25, 0.3) is 6.29 Å². The maximum atomic E-state index is 12.0. The van der Waals surface area contributed by atoms with Gasteiger partial charge in [0.15, 0.2) is 0 Å². The lowest BCUT2D eigenvalue weighted by molar-refractivity contribution is -0.172. The number of carbonyl (C=O) groups excluding carboxylic acids is 2. The lowest BCUT2D eigenvalue weighted by atomic mass is 9.89. The Bertz CT molecular complexity index is 438. The summed E-state index contributed by atoms with van der Waals surface area (Å²) in [5, 5.41) is 11.7. The molecule has 0 unspecified atom stereocenters. The largest absolute Gasteiger partial charge is 0.481 e. The van der Waals surface area contributed by atoms with Gasteiger partial charge in [0, 0.05) is 25.8 Å². The molecule has 0 aliphatic rings. The predicted octanol–water partition coefficient (Wildman–Crippen LogP) is 3.96. The summed E-state index contributed by atoms with van der Waals surface area (Å²) in [4.78, 5) is 34.1. The normalized spacial score (nSPS) is 14.4. The van der Waals surface area contributed by atoms with Crippen LogP contribution < -0.4 is 5.32 Å². The highest BCUT2D eigenvalue weighted by Crippen LogP contribution is 2.20. The van der Waals surface area contributed by atoms with Crippen LogP contribution in [0.1, 0.15) is 73.1 Å². The molecule has 7 nitrogen and oxygen atoms in total. The van der Waals surface area contributed by atoms with Gasteiger partial charge < -0.3 is 19.9 Å². The van der Waals surface area contributed by atoms with E-state index in [4.69, 9.17) is 14.6 Å². The summed E-state index contributed by atoms with van der Waals surface area (Å²) in [5.41, 5.74) is 0. The van der Waals surface area contributed by atoms with Crippen LogP contribution in [0.15, 0.2) is 0 Å². The quantitative estimate of drug-likeness (QED) is 0.288. The van der Waals surface area contributed by atoms with Crippen molar-refractivity contribution >= 4 is 18.0 Å². The number of esters is 1. The van der Waals surface area contributed by atoms with Crippen LogP contribution in [-0.4, -0.2) is 36.0 Å². The molecule has 2 N–H and O–H groups in total. The molecule has 0 saturated carbocycles. The number of alkyl carbamates (subject to hydrolysis) is 1. The van der Waals surface area contributed by atoms with Crippen molar-refractivity contribution in [1.82, 2.24) is 5.32 Å². The van der Waals surface area contributed by atoms with Crippen molar-refractivity contribution < 1.29 is 29.0 Å². The zero-order valence-electron chi connectivity index (χ0n) is 16.7. The Kier molecular flexibility index (Phi) is 12.5. The molecule has 0 aromatic heterocycles. The van der Waals surface area contributed by atoms with Crippen LogP contribution in [0.4, 0.5) is 4.79 Å². The number of carboxylic acid groups (broad SMARTS) is 1. The van der Waals surface area contributed by atoms with E-state index >= 15 is 0 Å². The second kappa shape index (κ2) is 13.4. The van der Waals surface area contributed by atoms with Crippen LogP contribution in [0.2, 0.25) is 0 Å². The molecule has 1 amide bonds. The van der Waals surface area contributed by atoms with Gasteiger partial charge in [0.05, 0.1) is 0 Å². The van der Waals surface area contributed by atoms with E-state index in [2.05, 4.69) is 19.2 Å². The third-order valence-corrected chi connectivity index (χ3v) is 4.08. The summed E-state index contributed by atoms with van der Waals surface area (Å²) in [6, 6.07) is 0. The number of ether oxygens (including phenoxy) is 2. The number of nitrogens with one attached hydrogen (secondary N) is 1. The van der Waals surface area contributed by atoms with Gasteiger partial charge in [-0.15, -0.1) is 0 Å². The van der Waals surface area contributed by atoms with Gasteiger partial charge in [-0.3, -0.25) is 9.59 Å². The van der Waals surface area contributed by atoms with Crippen molar-refractivity contribution in [2.24, 2.45) is 17.8 Å². The monoisotopic (exact) mass is 373 g/mol. The van der Waals surface area contributed by atoms with E-state index in [0.717, 1.165) is 25.7 Å². The number of rotatable bonds is 13. The van der Waals surface area contributed by atoms with Crippen LogP contribution in [0.5, 0.6) is 0 Å². The molecular weight excluding hydrogens is 338 g/mol. The summed E-state index contributed by atoms with van der Waals surface area (Å²) in [5.74, 6) is -1.36. The predicted molar refractivity (Wildman–Crippen MR) is 98.5 cm³/mol. The molecule has 152 valence electrons. The molecule has 0 radical (unpaired) electrons. The molecule has 0 bridgehead atoms. The number of carbonyl (C=O) groups is 3. The average molecular weight is 373 g/mol. The van der Waals surface area contributed by atoms with E-state index in [-0.39, 0.29) is 24.8 Å². The number of amides is 1. The topological polar surface area (TPSA) is 102 Å². The Hall–Kier alpha value is -1.79. The Labute approximate surface area is 156 Å². The van der Waals surface area contributed by atoms with Crippen molar-refractivity contribution in [3.05, 3.63) is 0 Å². The average Bonchev–Trinajstić information content (AvgIpc) is 2.51. The minimum atomic E-state index is -0.960. The summed E-state index contributed by atoms with van der Waals surface area (Å²) in [6.45, 7) is 9.26. The van der Waals surface area contributed by atoms with Gasteiger partial charge >= 0.3 is 18.0 Å². The minimum absolute atomic E-state index is 0.00402. The summed E-state index contributed by atoms with van der Waals surface area (Å²) in [7, 11) is 0. The highest BCUT2D eigenvalue weighted by molar-refractivity contribution is 5.69. The van der Waals surface area contributed by atoms with Crippen LogP contribution >= 0.6 is 0 Å². The van der Waals surface area contributed by atoms with Gasteiger partial charge in [-0.2, -0.15) is 0 Å². The number of carboxylic acids is 1. The molecule has 0 aromatic carbocycles. The number of hydrogen-bond donors (Lipinski definition) is 2. The van der Waals surface area contributed by atoms with E-state index in [9.17, 15) is 14.4 Å². The van der Waals surface area contributed by atoms with Gasteiger partial charge in [0.1, 0.15) is 0 Å². The number of unbranched alkanes of at least 4 members (excludes halogenated alkanes) is 2. The van der Waals surface area contributed by atoms with Crippen LogP contribution in [-0.2, 0) is 19.1 Å². The zero-order valence-corrected chi connectivity index (χ0v) is 16.7. The fourth-order valence-electron chi connectivity index (χ4n) is 2.75. The van der Waals surface area contributed by atoms with E-state index < -0.39 is 24.3 Å². The van der Waals surface area contributed by atoms with Gasteiger partial charge in [-0.1, -0.05) is 53.4 Å². The highest BCUT2D eigenvalue weighted by atomic mass is 16.7. The number of hydrogen-bond acceptors (Lipinski definition) is 5. The van der Waals surface area contributed by atoms with E-state index in [0.29, 0.717) is 5.92 Å². The van der Waals surface area contributed by atoms with Crippen LogP contribution in [0.3, 0.4) is 0 Å². The van der Waals surface area contributed by atoms with Crippen LogP contribution in [0, 0.1) is 17.8 Å². The molecule has 3 atom stereocenters. The summed E-state index contributed by atoms with van der Waals surface area (Å²) < 4.78 is 10.1. The fraction of sp³-hybridized carbons (Fsp3) is 0.842. The molecule has 0 saturated heterocycles. The van der Waals surface area contributed by atoms with Crippen LogP contribution in [0.25, 0.3) is 0 Å². The Morgan fingerprint density at radius 3 is 2.23 bits per heavy atom. The zero-order chi connectivity index (χ0) is 20.1. The highest BCUT2D eigenvalue weighted by Gasteiger charge is 2.23. The molecule has 7 heteroatoms. The second-order valence-corrected chi connectivity index (χ2v) is 7.31. The maximum Gasteiger partial charge on any atom is 0.410 e. The molecule has 26 heavy (non-hydrogen) atoms. The standard InChI is InChI=1S/C19H35NO6/c1-6-7-8-9-14(4)10-16(11-17(22)23)12-20-19(24)26-18(13(2)3)25-15(5)21/h13-14,16,18H,6-12H2,1-5H3,(H,20,24)(H,22,23)/t14-,16+,18-/m1/s1. The van der Waals surface area contributed by atoms with Crippen molar-refractivity contribution in [3.63, 3.8) is 0 Å². The minimum Gasteiger partial charge on any atom is -0.481 e. The van der Waals surface area contributed by atoms with E-state index in [1.54, 1.807) is 13.8 Å². The van der Waals surface area contributed by atoms with Gasteiger partial charge in [-0.05, 0) is 18.3 Å². The molecule has 0 heterocycles. The Morgan fingerprint density at radius 1 is 1.08 bits per heavy atom. The lowest BCUT2D eigenvalue weighted by Gasteiger charge is -2.23. The SMILES string of the molecule is CCCCC[C@@H](C)C[C@H](CNC(=O)O[C@@H](OC(C)=O)C(C)C)CC(=O)O. The number of aliphatic carboxylic acids is 1. The Balaban J connectivity index is 4.50. The van der Waals surface area contributed by atoms with Crippen molar-refractivity contribution in [2.75, 3.05) is 6.54 Å². The summed E-state index contributed by atoms with van der Waals surface area (Å²) >= 11 is 0. The van der Waals surface area contributed by atoms with Crippen molar-refractivity contribution in [3.8, 4) is 0 Å². The molecule has 0 fully saturated rings. The molecule has 0 aliphatic heterocycles. The third-order valence-electron chi connectivity index (χ3n) is 4.08. The van der Waals surface area contributed by atoms with Crippen molar-refractivity contribution in [1.29, 1.82) is 0 Å². The molecule has 0 aliphatic carbocycles. The first-order chi connectivity index (χ1) is 12.1. The van der Waals surface area contributed by atoms with Crippen molar-refractivity contribution in [2.45, 2.75) is 79.4 Å². The Morgan fingerprint density at radius 2 is 1.73 bits per heavy atom. The smallest absolute Gasteiger partial charge is 0.410 e. The first kappa shape index (κ1) is 24.2. The molecule has 0 aromatic rings. The van der Waals surface area contributed by atoms with Gasteiger partial charge in [0.2, 0.25) is 0 Å². The summed E-state index contributed by atoms with van der Waals surface area (Å²) in [6.07, 6.45) is 3.56. The molecule has 0 spiro atoms. The van der Waals surface area contributed by atoms with E-state index in [1.165, 1.54) is 13.3 Å². The third kappa shape index (κ3) is 12.6. The van der Waals surface area contributed by atoms with Gasteiger partial charge in [-0.25, -0.2) is 4.79 Å². The van der Waals surface area contributed by atoms with E-state index in [1.807, 2.05) is 0 Å².